The predicted octanol–water partition coefficient (Wildman–Crippen LogP) is 1.35. The van der Waals surface area contributed by atoms with Crippen molar-refractivity contribution in [2.45, 2.75) is 12.5 Å². The second kappa shape index (κ2) is 3.39. The number of aromatic nitrogens is 1. The maximum Gasteiger partial charge on any atom is 0.257 e. The van der Waals surface area contributed by atoms with Crippen molar-refractivity contribution in [3.05, 3.63) is 30.1 Å². The van der Waals surface area contributed by atoms with E-state index in [-0.39, 0.29) is 0 Å². The van der Waals surface area contributed by atoms with Crippen LogP contribution in [0.15, 0.2) is 24.5 Å². The number of hydrogen-bond acceptors (Lipinski definition) is 2. The van der Waals surface area contributed by atoms with Gasteiger partial charge in [-0.2, -0.15) is 0 Å². The van der Waals surface area contributed by atoms with E-state index in [2.05, 4.69) is 4.98 Å². The molecule has 0 aliphatic heterocycles. The molecule has 1 rings (SSSR count). The summed E-state index contributed by atoms with van der Waals surface area (Å²) in [7, 11) is 0. The highest BCUT2D eigenvalue weighted by molar-refractivity contribution is 5.14. The van der Waals surface area contributed by atoms with Crippen LogP contribution in [0.2, 0.25) is 0 Å². The number of nitrogens with two attached hydrogens (primary N) is 1. The number of halogens is 2. The molecule has 4 heteroatoms. The molecule has 0 saturated carbocycles. The van der Waals surface area contributed by atoms with Gasteiger partial charge in [-0.05, 0) is 17.7 Å². The van der Waals surface area contributed by atoms with Gasteiger partial charge in [0.1, 0.15) is 0 Å². The maximum atomic E-state index is 12.0. The molecule has 60 valence electrons. The summed E-state index contributed by atoms with van der Waals surface area (Å²) in [5.74, 6) is 0. The van der Waals surface area contributed by atoms with Gasteiger partial charge in [0.2, 0.25) is 0 Å². The molecule has 0 bridgehead atoms. The molecule has 0 amide bonds. The lowest BCUT2D eigenvalue weighted by molar-refractivity contribution is 0.116. The zero-order valence-electron chi connectivity index (χ0n) is 5.74. The first-order valence-electron chi connectivity index (χ1n) is 3.15. The predicted molar refractivity (Wildman–Crippen MR) is 37.2 cm³/mol. The Morgan fingerprint density at radius 3 is 2.27 bits per heavy atom. The molecule has 0 aromatic carbocycles. The van der Waals surface area contributed by atoms with Crippen LogP contribution >= 0.6 is 0 Å². The lowest BCUT2D eigenvalue weighted by atomic mass is 10.1. The first-order valence-corrected chi connectivity index (χ1v) is 3.15. The topological polar surface area (TPSA) is 38.9 Å². The fraction of sp³-hybridized carbons (Fsp3) is 0.286. The Kier molecular flexibility index (Phi) is 2.48. The lowest BCUT2D eigenvalue weighted by Gasteiger charge is -2.08. The van der Waals surface area contributed by atoms with E-state index < -0.39 is 12.5 Å². The third-order valence-corrected chi connectivity index (χ3v) is 1.36. The summed E-state index contributed by atoms with van der Waals surface area (Å²) < 4.78 is 23.9. The van der Waals surface area contributed by atoms with Gasteiger partial charge in [-0.1, -0.05) is 0 Å². The van der Waals surface area contributed by atoms with Crippen LogP contribution in [0.5, 0.6) is 0 Å². The van der Waals surface area contributed by atoms with Gasteiger partial charge in [-0.15, -0.1) is 0 Å². The van der Waals surface area contributed by atoms with Gasteiger partial charge >= 0.3 is 0 Å². The average Bonchev–Trinajstić information content (AvgIpc) is 2.05. The Morgan fingerprint density at radius 1 is 1.27 bits per heavy atom. The van der Waals surface area contributed by atoms with Crippen molar-refractivity contribution in [1.29, 1.82) is 0 Å². The van der Waals surface area contributed by atoms with E-state index in [1.54, 1.807) is 0 Å². The van der Waals surface area contributed by atoms with E-state index >= 15 is 0 Å². The second-order valence-corrected chi connectivity index (χ2v) is 2.14. The van der Waals surface area contributed by atoms with Gasteiger partial charge in [0.15, 0.2) is 0 Å². The van der Waals surface area contributed by atoms with Crippen LogP contribution in [0, 0.1) is 0 Å². The largest absolute Gasteiger partial charge is 0.319 e. The fourth-order valence-electron chi connectivity index (χ4n) is 0.731. The van der Waals surface area contributed by atoms with Crippen molar-refractivity contribution in [2.75, 3.05) is 0 Å². The minimum Gasteiger partial charge on any atom is -0.319 e. The Bertz CT molecular complexity index is 213. The van der Waals surface area contributed by atoms with E-state index in [0.717, 1.165) is 0 Å². The van der Waals surface area contributed by atoms with Crippen LogP contribution < -0.4 is 5.73 Å². The van der Waals surface area contributed by atoms with E-state index in [4.69, 9.17) is 5.73 Å². The van der Waals surface area contributed by atoms with E-state index in [1.807, 2.05) is 0 Å². The number of pyridine rings is 1. The van der Waals surface area contributed by atoms with Crippen LogP contribution in [-0.4, -0.2) is 11.4 Å². The van der Waals surface area contributed by atoms with Crippen molar-refractivity contribution >= 4 is 0 Å². The minimum atomic E-state index is -2.52. The third kappa shape index (κ3) is 1.94. The summed E-state index contributed by atoms with van der Waals surface area (Å²) in [4.78, 5) is 3.69. The van der Waals surface area contributed by atoms with Gasteiger partial charge in [0.05, 0.1) is 6.04 Å². The minimum absolute atomic E-state index is 0.412. The highest BCUT2D eigenvalue weighted by Crippen LogP contribution is 2.15. The van der Waals surface area contributed by atoms with Crippen LogP contribution in [0.3, 0.4) is 0 Å². The molecular formula is C7H8F2N2. The quantitative estimate of drug-likeness (QED) is 0.705. The van der Waals surface area contributed by atoms with E-state index in [1.165, 1.54) is 24.5 Å². The molecule has 0 fully saturated rings. The Hall–Kier alpha value is -1.03. The molecule has 11 heavy (non-hydrogen) atoms. The number of hydrogen-bond donors (Lipinski definition) is 1. The van der Waals surface area contributed by atoms with E-state index in [0.29, 0.717) is 5.56 Å². The average molecular weight is 158 g/mol. The molecule has 1 aromatic rings. The molecule has 2 nitrogen and oxygen atoms in total. The first kappa shape index (κ1) is 8.07. The summed E-state index contributed by atoms with van der Waals surface area (Å²) in [6.07, 6.45) is 0.368. The third-order valence-electron chi connectivity index (χ3n) is 1.36. The summed E-state index contributed by atoms with van der Waals surface area (Å²) in [5, 5.41) is 0. The Morgan fingerprint density at radius 2 is 1.82 bits per heavy atom. The molecule has 0 aliphatic rings. The monoisotopic (exact) mass is 158 g/mol. The summed E-state index contributed by atoms with van der Waals surface area (Å²) in [5.41, 5.74) is 5.57. The molecule has 1 heterocycles. The summed E-state index contributed by atoms with van der Waals surface area (Å²) in [6.45, 7) is 0. The highest BCUT2D eigenvalue weighted by atomic mass is 19.3. The van der Waals surface area contributed by atoms with Crippen molar-refractivity contribution in [2.24, 2.45) is 5.73 Å². The Labute approximate surface area is 63.1 Å². The van der Waals surface area contributed by atoms with E-state index in [9.17, 15) is 8.78 Å². The van der Waals surface area contributed by atoms with Gasteiger partial charge < -0.3 is 5.73 Å². The summed E-state index contributed by atoms with van der Waals surface area (Å²) >= 11 is 0. The number of alkyl halides is 2. The lowest BCUT2D eigenvalue weighted by Crippen LogP contribution is -2.18. The zero-order valence-corrected chi connectivity index (χ0v) is 5.74. The molecular weight excluding hydrogens is 150 g/mol. The van der Waals surface area contributed by atoms with Crippen molar-refractivity contribution in [3.8, 4) is 0 Å². The smallest absolute Gasteiger partial charge is 0.257 e. The molecule has 0 aliphatic carbocycles. The Balaban J connectivity index is 2.77. The zero-order chi connectivity index (χ0) is 8.27. The maximum absolute atomic E-state index is 12.0. The molecule has 1 unspecified atom stereocenters. The highest BCUT2D eigenvalue weighted by Gasteiger charge is 2.16. The molecule has 1 atom stereocenters. The van der Waals surface area contributed by atoms with Crippen molar-refractivity contribution < 1.29 is 8.78 Å². The van der Waals surface area contributed by atoms with Gasteiger partial charge in [-0.25, -0.2) is 8.78 Å². The first-order chi connectivity index (χ1) is 5.22. The van der Waals surface area contributed by atoms with Crippen LogP contribution in [0.25, 0.3) is 0 Å². The molecule has 0 saturated heterocycles. The molecule has 2 N–H and O–H groups in total. The second-order valence-electron chi connectivity index (χ2n) is 2.14. The normalized spacial score (nSPS) is 13.5. The van der Waals surface area contributed by atoms with Crippen molar-refractivity contribution in [1.82, 2.24) is 4.98 Å². The van der Waals surface area contributed by atoms with Gasteiger partial charge in [-0.3, -0.25) is 4.98 Å². The van der Waals surface area contributed by atoms with Gasteiger partial charge in [0.25, 0.3) is 6.43 Å². The van der Waals surface area contributed by atoms with Crippen LogP contribution in [-0.2, 0) is 0 Å². The number of nitrogens with zero attached hydrogens (tertiary/aromatic N) is 1. The standard InChI is InChI=1S/C7H8F2N2/c8-7(9)6(10)5-1-3-11-4-2-5/h1-4,6-7H,10H2. The van der Waals surface area contributed by atoms with Crippen molar-refractivity contribution in [3.63, 3.8) is 0 Å². The fourth-order valence-corrected chi connectivity index (χ4v) is 0.731. The molecule has 0 spiro atoms. The SMILES string of the molecule is NC(c1ccncc1)C(F)F. The number of rotatable bonds is 2. The van der Waals surface area contributed by atoms with Gasteiger partial charge in [0, 0.05) is 12.4 Å². The summed E-state index contributed by atoms with van der Waals surface area (Å²) in [6, 6.07) is 1.77. The molecule has 0 radical (unpaired) electrons. The van der Waals surface area contributed by atoms with Crippen LogP contribution in [0.4, 0.5) is 8.78 Å². The van der Waals surface area contributed by atoms with Crippen LogP contribution in [0.1, 0.15) is 11.6 Å². The molecule has 1 aromatic heterocycles.